The second kappa shape index (κ2) is 14.9. The standard InChI is InChI=1S/C14H32N2/c1-2-13-16-14-11-9-7-5-3-4-6-8-10-12-15/h16H,2-15H2,1H3. The fourth-order valence-electron chi connectivity index (χ4n) is 1.93. The predicted octanol–water partition coefficient (Wildman–Crippen LogP) is 3.46. The number of hydrogen-bond acceptors (Lipinski definition) is 2. The maximum absolute atomic E-state index is 5.45. The quantitative estimate of drug-likeness (QED) is 0.474. The third-order valence-corrected chi connectivity index (χ3v) is 2.98. The number of rotatable bonds is 13. The van der Waals surface area contributed by atoms with Gasteiger partial charge in [-0.15, -0.1) is 0 Å². The Kier molecular flexibility index (Phi) is 14.8. The molecule has 0 radical (unpaired) electrons. The third-order valence-electron chi connectivity index (χ3n) is 2.98. The molecule has 0 amide bonds. The first kappa shape index (κ1) is 15.9. The summed E-state index contributed by atoms with van der Waals surface area (Å²) in [6.07, 6.45) is 13.6. The number of unbranched alkanes of at least 4 members (excludes halogenated alkanes) is 8. The molecule has 0 unspecified atom stereocenters. The molecule has 0 saturated heterocycles. The summed E-state index contributed by atoms with van der Waals surface area (Å²) in [5.74, 6) is 0. The molecule has 0 fully saturated rings. The Morgan fingerprint density at radius 2 is 1.19 bits per heavy atom. The maximum atomic E-state index is 5.45. The smallest absolute Gasteiger partial charge is 0.00489 e. The van der Waals surface area contributed by atoms with Crippen molar-refractivity contribution in [1.29, 1.82) is 0 Å². The Balaban J connectivity index is 2.83. The highest BCUT2D eigenvalue weighted by Crippen LogP contribution is 2.08. The molecule has 0 aliphatic heterocycles. The van der Waals surface area contributed by atoms with Gasteiger partial charge in [-0.2, -0.15) is 0 Å². The molecule has 0 aliphatic carbocycles. The molecule has 16 heavy (non-hydrogen) atoms. The van der Waals surface area contributed by atoms with Crippen molar-refractivity contribution in [2.75, 3.05) is 19.6 Å². The molecule has 0 rings (SSSR count). The van der Waals surface area contributed by atoms with Gasteiger partial charge in [-0.05, 0) is 38.9 Å². The van der Waals surface area contributed by atoms with Crippen LogP contribution < -0.4 is 11.1 Å². The van der Waals surface area contributed by atoms with Crippen molar-refractivity contribution in [3.8, 4) is 0 Å². The number of hydrogen-bond donors (Lipinski definition) is 2. The first-order chi connectivity index (χ1) is 7.91. The van der Waals surface area contributed by atoms with Gasteiger partial charge in [-0.3, -0.25) is 0 Å². The molecular formula is C14H32N2. The lowest BCUT2D eigenvalue weighted by Gasteiger charge is -2.03. The van der Waals surface area contributed by atoms with Gasteiger partial charge in [0.25, 0.3) is 0 Å². The minimum absolute atomic E-state index is 0.866. The monoisotopic (exact) mass is 228 g/mol. The van der Waals surface area contributed by atoms with Crippen LogP contribution >= 0.6 is 0 Å². The van der Waals surface area contributed by atoms with Crippen LogP contribution in [0.4, 0.5) is 0 Å². The van der Waals surface area contributed by atoms with Crippen LogP contribution in [0.15, 0.2) is 0 Å². The van der Waals surface area contributed by atoms with Gasteiger partial charge in [0.05, 0.1) is 0 Å². The molecule has 2 heteroatoms. The van der Waals surface area contributed by atoms with E-state index >= 15 is 0 Å². The average Bonchev–Trinajstić information content (AvgIpc) is 2.31. The Hall–Kier alpha value is -0.0800. The Labute approximate surface area is 102 Å². The van der Waals surface area contributed by atoms with E-state index in [-0.39, 0.29) is 0 Å². The van der Waals surface area contributed by atoms with E-state index in [0.29, 0.717) is 0 Å². The Morgan fingerprint density at radius 1 is 0.688 bits per heavy atom. The van der Waals surface area contributed by atoms with E-state index < -0.39 is 0 Å². The summed E-state index contributed by atoms with van der Waals surface area (Å²) in [5.41, 5.74) is 5.45. The zero-order chi connectivity index (χ0) is 11.9. The molecule has 3 N–H and O–H groups in total. The van der Waals surface area contributed by atoms with Gasteiger partial charge in [0.2, 0.25) is 0 Å². The summed E-state index contributed by atoms with van der Waals surface area (Å²) in [6.45, 7) is 5.48. The van der Waals surface area contributed by atoms with E-state index in [1.54, 1.807) is 0 Å². The molecule has 0 aromatic heterocycles. The highest BCUT2D eigenvalue weighted by atomic mass is 14.8. The van der Waals surface area contributed by atoms with Crippen molar-refractivity contribution in [1.82, 2.24) is 5.32 Å². The number of nitrogens with two attached hydrogens (primary N) is 1. The summed E-state index contributed by atoms with van der Waals surface area (Å²) >= 11 is 0. The van der Waals surface area contributed by atoms with Gasteiger partial charge in [0, 0.05) is 0 Å². The minimum atomic E-state index is 0.866. The molecule has 0 aromatic carbocycles. The van der Waals surface area contributed by atoms with Gasteiger partial charge < -0.3 is 11.1 Å². The molecule has 0 atom stereocenters. The maximum Gasteiger partial charge on any atom is -0.00489 e. The van der Waals surface area contributed by atoms with Crippen molar-refractivity contribution in [2.45, 2.75) is 71.1 Å². The fraction of sp³-hybridized carbons (Fsp3) is 1.00. The Bertz CT molecular complexity index is 101. The van der Waals surface area contributed by atoms with Gasteiger partial charge in [-0.25, -0.2) is 0 Å². The SMILES string of the molecule is CCCNCCCCCCCCCCCN. The van der Waals surface area contributed by atoms with Crippen LogP contribution in [0.2, 0.25) is 0 Å². The molecule has 98 valence electrons. The topological polar surface area (TPSA) is 38.0 Å². The first-order valence-electron chi connectivity index (χ1n) is 7.32. The van der Waals surface area contributed by atoms with Crippen molar-refractivity contribution >= 4 is 0 Å². The lowest BCUT2D eigenvalue weighted by molar-refractivity contribution is 0.545. The first-order valence-corrected chi connectivity index (χ1v) is 7.32. The van der Waals surface area contributed by atoms with E-state index in [1.807, 2.05) is 0 Å². The largest absolute Gasteiger partial charge is 0.330 e. The van der Waals surface area contributed by atoms with Crippen LogP contribution in [0.1, 0.15) is 71.1 Å². The lowest BCUT2D eigenvalue weighted by atomic mass is 10.1. The predicted molar refractivity (Wildman–Crippen MR) is 73.8 cm³/mol. The fourth-order valence-corrected chi connectivity index (χ4v) is 1.93. The molecule has 0 bridgehead atoms. The van der Waals surface area contributed by atoms with Gasteiger partial charge in [-0.1, -0.05) is 51.9 Å². The molecular weight excluding hydrogens is 196 g/mol. The van der Waals surface area contributed by atoms with Crippen molar-refractivity contribution in [3.05, 3.63) is 0 Å². The van der Waals surface area contributed by atoms with E-state index in [4.69, 9.17) is 5.73 Å². The molecule has 0 heterocycles. The highest BCUT2D eigenvalue weighted by Gasteiger charge is 1.92. The second-order valence-corrected chi connectivity index (χ2v) is 4.72. The number of nitrogens with one attached hydrogen (secondary N) is 1. The van der Waals surface area contributed by atoms with Crippen molar-refractivity contribution in [3.63, 3.8) is 0 Å². The highest BCUT2D eigenvalue weighted by molar-refractivity contribution is 4.50. The summed E-state index contributed by atoms with van der Waals surface area (Å²) in [5, 5.41) is 3.45. The lowest BCUT2D eigenvalue weighted by Crippen LogP contribution is -2.15. The molecule has 2 nitrogen and oxygen atoms in total. The van der Waals surface area contributed by atoms with E-state index in [9.17, 15) is 0 Å². The minimum Gasteiger partial charge on any atom is -0.330 e. The second-order valence-electron chi connectivity index (χ2n) is 4.72. The van der Waals surface area contributed by atoms with Crippen molar-refractivity contribution in [2.24, 2.45) is 5.73 Å². The summed E-state index contributed by atoms with van der Waals surface area (Å²) in [4.78, 5) is 0. The average molecular weight is 228 g/mol. The normalized spacial score (nSPS) is 10.9. The van der Waals surface area contributed by atoms with Crippen LogP contribution in [0.3, 0.4) is 0 Å². The summed E-state index contributed by atoms with van der Waals surface area (Å²) in [6, 6.07) is 0. The van der Waals surface area contributed by atoms with Crippen molar-refractivity contribution < 1.29 is 0 Å². The molecule has 0 aliphatic rings. The van der Waals surface area contributed by atoms with E-state index in [0.717, 1.165) is 6.54 Å². The molecule has 0 saturated carbocycles. The zero-order valence-corrected chi connectivity index (χ0v) is 11.3. The Morgan fingerprint density at radius 3 is 1.69 bits per heavy atom. The van der Waals surface area contributed by atoms with Crippen LogP contribution in [0, 0.1) is 0 Å². The summed E-state index contributed by atoms with van der Waals surface area (Å²) in [7, 11) is 0. The van der Waals surface area contributed by atoms with Crippen LogP contribution in [-0.4, -0.2) is 19.6 Å². The van der Waals surface area contributed by atoms with Crippen LogP contribution in [0.25, 0.3) is 0 Å². The van der Waals surface area contributed by atoms with E-state index in [1.165, 1.54) is 77.3 Å². The van der Waals surface area contributed by atoms with Gasteiger partial charge in [0.1, 0.15) is 0 Å². The third kappa shape index (κ3) is 13.9. The molecule has 0 aromatic rings. The summed E-state index contributed by atoms with van der Waals surface area (Å²) < 4.78 is 0. The van der Waals surface area contributed by atoms with Gasteiger partial charge >= 0.3 is 0 Å². The van der Waals surface area contributed by atoms with Crippen LogP contribution in [0.5, 0.6) is 0 Å². The van der Waals surface area contributed by atoms with Crippen LogP contribution in [-0.2, 0) is 0 Å². The molecule has 0 spiro atoms. The van der Waals surface area contributed by atoms with Gasteiger partial charge in [0.15, 0.2) is 0 Å². The van der Waals surface area contributed by atoms with E-state index in [2.05, 4.69) is 12.2 Å². The zero-order valence-electron chi connectivity index (χ0n) is 11.3.